The predicted octanol–water partition coefficient (Wildman–Crippen LogP) is 2.49. The minimum atomic E-state index is -2.62. The lowest BCUT2D eigenvalue weighted by Crippen LogP contribution is -1.54. The van der Waals surface area contributed by atoms with Gasteiger partial charge in [0.05, 0.1) is 0 Å². The third kappa shape index (κ3) is 7060. The fraction of sp³-hybridized carbons (Fsp3) is 1.00. The van der Waals surface area contributed by atoms with E-state index in [9.17, 15) is 0 Å². The maximum atomic E-state index is 7.23. The number of hydrogen-bond acceptors (Lipinski definition) is 6. The molecule has 0 rings (SSSR count). The van der Waals surface area contributed by atoms with Crippen LogP contribution in [0.25, 0.3) is 0 Å². The van der Waals surface area contributed by atoms with E-state index in [1.54, 1.807) is 0 Å². The molecule has 6 nitrogen and oxygen atoms in total. The summed E-state index contributed by atoms with van der Waals surface area (Å²) in [7, 11) is -5.24. The van der Waals surface area contributed by atoms with Gasteiger partial charge in [-0.15, -0.1) is 0 Å². The van der Waals surface area contributed by atoms with Crippen molar-refractivity contribution in [3.05, 3.63) is 0 Å². The van der Waals surface area contributed by atoms with E-state index < -0.39 is 17.2 Å². The molecule has 0 aliphatic carbocycles. The topological polar surface area (TPSA) is 121 Å². The van der Waals surface area contributed by atoms with E-state index in [0.29, 0.717) is 0 Å². The molecule has 0 fully saturated rings. The van der Waals surface area contributed by atoms with E-state index in [1.807, 2.05) is 55.4 Å². The highest BCUT2D eigenvalue weighted by molar-refractivity contribution is 7.38. The molecule has 0 atom stereocenters. The third-order valence-corrected chi connectivity index (χ3v) is 0. The Morgan fingerprint density at radius 1 is 0.375 bits per heavy atom. The minimum absolute atomic E-state index is 2.00. The van der Waals surface area contributed by atoms with Crippen molar-refractivity contribution >= 4 is 17.2 Å². The Morgan fingerprint density at radius 3 is 0.375 bits per heavy atom. The quantitative estimate of drug-likeness (QED) is 0.380. The normalized spacial score (nSPS) is 6.00. The first-order chi connectivity index (χ1) is 7.46. The summed E-state index contributed by atoms with van der Waals surface area (Å²) in [4.78, 5) is 43.4. The first-order valence-electron chi connectivity index (χ1n) is 5.20. The lowest BCUT2D eigenvalue weighted by Gasteiger charge is -1.76. The zero-order chi connectivity index (χ0) is 15.2. The van der Waals surface area contributed by atoms with Crippen LogP contribution in [0.3, 0.4) is 0 Å². The minimum Gasteiger partial charge on any atom is -0.328 e. The molecule has 16 heavy (non-hydrogen) atoms. The van der Waals surface area contributed by atoms with Crippen LogP contribution in [0.1, 0.15) is 55.4 Å². The molecule has 0 saturated carbocycles. The summed E-state index contributed by atoms with van der Waals surface area (Å²) in [5.41, 5.74) is 0. The van der Waals surface area contributed by atoms with Crippen LogP contribution >= 0.6 is 17.2 Å². The van der Waals surface area contributed by atoms with Gasteiger partial charge in [0.25, 0.3) is 0 Å². The summed E-state index contributed by atoms with van der Waals surface area (Å²) >= 11 is 0. The van der Waals surface area contributed by atoms with Crippen molar-refractivity contribution in [3.63, 3.8) is 0 Å². The van der Waals surface area contributed by atoms with E-state index in [0.717, 1.165) is 0 Å². The predicted molar refractivity (Wildman–Crippen MR) is 72.5 cm³/mol. The second kappa shape index (κ2) is 76.2. The van der Waals surface area contributed by atoms with Crippen molar-refractivity contribution in [2.24, 2.45) is 0 Å². The molecule has 0 aromatic rings. The van der Waals surface area contributed by atoms with Gasteiger partial charge in [-0.2, -0.15) is 0 Å². The zero-order valence-corrected chi connectivity index (χ0v) is 13.4. The van der Waals surface area contributed by atoms with E-state index in [2.05, 4.69) is 0 Å². The summed E-state index contributed by atoms with van der Waals surface area (Å²) in [6.07, 6.45) is 0. The maximum absolute atomic E-state index is 7.23. The molecule has 0 amide bonds. The molecule has 0 aromatic heterocycles. The molecule has 0 spiro atoms. The Morgan fingerprint density at radius 2 is 0.375 bits per heavy atom. The number of hydrogen-bond donors (Lipinski definition) is 6. The second-order valence-corrected chi connectivity index (χ2v) is 1.61. The fourth-order valence-electron chi connectivity index (χ4n) is 0. The van der Waals surface area contributed by atoms with Gasteiger partial charge in [-0.25, -0.2) is 0 Å². The van der Waals surface area contributed by atoms with Crippen LogP contribution in [0.4, 0.5) is 0 Å². The molecule has 0 unspecified atom stereocenters. The third-order valence-electron chi connectivity index (χ3n) is 0. The summed E-state index contributed by atoms with van der Waals surface area (Å²) in [6, 6.07) is 0. The van der Waals surface area contributed by atoms with Crippen molar-refractivity contribution in [2.45, 2.75) is 55.4 Å². The van der Waals surface area contributed by atoms with Crippen molar-refractivity contribution in [1.82, 2.24) is 0 Å². The molecule has 0 heterocycles. The van der Waals surface area contributed by atoms with E-state index in [1.165, 1.54) is 0 Å². The van der Waals surface area contributed by atoms with Crippen LogP contribution in [0.2, 0.25) is 0 Å². The summed E-state index contributed by atoms with van der Waals surface area (Å²) < 4.78 is 0. The number of rotatable bonds is 0. The fourth-order valence-corrected chi connectivity index (χ4v) is 0. The standard InChI is InChI=1S/4C2H6.2H3O3P/c4*1-2;2*1-4(2)3/h4*1-2H3;2*1-3H. The molecule has 0 aromatic carbocycles. The van der Waals surface area contributed by atoms with Gasteiger partial charge in [0.1, 0.15) is 0 Å². The zero-order valence-electron chi connectivity index (χ0n) is 11.6. The van der Waals surface area contributed by atoms with Gasteiger partial charge < -0.3 is 29.4 Å². The Hall–Kier alpha value is 0.620. The molecule has 0 radical (unpaired) electrons. The molecule has 0 bridgehead atoms. The Bertz CT molecular complexity index is 38.0. The summed E-state index contributed by atoms with van der Waals surface area (Å²) in [6.45, 7) is 16.0. The molecular formula is C8H30O6P2. The second-order valence-electron chi connectivity index (χ2n) is 0.537. The summed E-state index contributed by atoms with van der Waals surface area (Å²) in [5, 5.41) is 0. The van der Waals surface area contributed by atoms with Gasteiger partial charge in [-0.1, -0.05) is 55.4 Å². The highest BCUT2D eigenvalue weighted by Gasteiger charge is 1.76. The molecule has 0 saturated heterocycles. The van der Waals surface area contributed by atoms with Gasteiger partial charge in [-0.3, -0.25) is 0 Å². The van der Waals surface area contributed by atoms with Gasteiger partial charge in [-0.05, 0) is 0 Å². The van der Waals surface area contributed by atoms with Gasteiger partial charge in [0, 0.05) is 0 Å². The summed E-state index contributed by atoms with van der Waals surface area (Å²) in [5.74, 6) is 0. The molecule has 0 aliphatic heterocycles. The monoisotopic (exact) mass is 284 g/mol. The lowest BCUT2D eigenvalue weighted by atomic mass is 11.0. The molecular weight excluding hydrogens is 254 g/mol. The van der Waals surface area contributed by atoms with Gasteiger partial charge in [0.2, 0.25) is 0 Å². The highest BCUT2D eigenvalue weighted by atomic mass is 31.2. The van der Waals surface area contributed by atoms with Crippen molar-refractivity contribution in [1.29, 1.82) is 0 Å². The Labute approximate surface area is 103 Å². The SMILES string of the molecule is CC.CC.CC.CC.OP(O)O.OP(O)O. The van der Waals surface area contributed by atoms with Crippen molar-refractivity contribution in [3.8, 4) is 0 Å². The van der Waals surface area contributed by atoms with Gasteiger partial charge in [0.15, 0.2) is 0 Å². The van der Waals surface area contributed by atoms with Crippen LogP contribution in [-0.4, -0.2) is 29.4 Å². The Kier molecular flexibility index (Phi) is 171. The van der Waals surface area contributed by atoms with Crippen LogP contribution in [0.5, 0.6) is 0 Å². The van der Waals surface area contributed by atoms with Crippen LogP contribution in [0.15, 0.2) is 0 Å². The lowest BCUT2D eigenvalue weighted by molar-refractivity contribution is 0.366. The first-order valence-corrected chi connectivity index (χ1v) is 7.60. The van der Waals surface area contributed by atoms with Crippen LogP contribution < -0.4 is 0 Å². The van der Waals surface area contributed by atoms with Crippen molar-refractivity contribution in [2.75, 3.05) is 0 Å². The average molecular weight is 284 g/mol. The van der Waals surface area contributed by atoms with Crippen LogP contribution in [-0.2, 0) is 0 Å². The van der Waals surface area contributed by atoms with Crippen LogP contribution in [0, 0.1) is 0 Å². The molecule has 0 aliphatic rings. The maximum Gasteiger partial charge on any atom is 0.324 e. The van der Waals surface area contributed by atoms with E-state index in [4.69, 9.17) is 29.4 Å². The first kappa shape index (κ1) is 36.0. The smallest absolute Gasteiger partial charge is 0.324 e. The van der Waals surface area contributed by atoms with Gasteiger partial charge >= 0.3 is 17.2 Å². The largest absolute Gasteiger partial charge is 0.328 e. The Balaban J connectivity index is -0.0000000196. The molecule has 6 N–H and O–H groups in total. The van der Waals surface area contributed by atoms with Crippen molar-refractivity contribution < 1.29 is 29.4 Å². The van der Waals surface area contributed by atoms with E-state index in [-0.39, 0.29) is 0 Å². The molecule has 8 heteroatoms. The average Bonchev–Trinajstić information content (AvgIpc) is 2.27. The highest BCUT2D eigenvalue weighted by Crippen LogP contribution is 2.12. The van der Waals surface area contributed by atoms with E-state index >= 15 is 0 Å². The molecule has 108 valence electrons.